The smallest absolute Gasteiger partial charge is 0.407 e. The first-order chi connectivity index (χ1) is 6.91. The van der Waals surface area contributed by atoms with Crippen molar-refractivity contribution in [2.24, 2.45) is 0 Å². The minimum absolute atomic E-state index is 0.167. The molecule has 1 aromatic carbocycles. The van der Waals surface area contributed by atoms with E-state index in [4.69, 9.17) is 16.3 Å². The van der Waals surface area contributed by atoms with E-state index in [1.807, 2.05) is 0 Å². The zero-order chi connectivity index (χ0) is 11.6. The first-order valence-electron chi connectivity index (χ1n) is 3.99. The molecule has 0 aromatic heterocycles. The number of thiol groups is 1. The second kappa shape index (κ2) is 4.72. The zero-order valence-corrected chi connectivity index (χ0v) is 9.77. The molecule has 6 heteroatoms. The Morgan fingerprint density at radius 2 is 2.13 bits per heavy atom. The molecular weight excluding hydrogens is 241 g/mol. The first-order valence-corrected chi connectivity index (χ1v) is 4.81. The van der Waals surface area contributed by atoms with E-state index in [1.54, 1.807) is 0 Å². The van der Waals surface area contributed by atoms with Crippen LogP contribution < -0.4 is 4.74 Å². The summed E-state index contributed by atoms with van der Waals surface area (Å²) >= 11 is 9.60. The molecular formula is C9H9ClFNO2S. The second-order valence-corrected chi connectivity index (χ2v) is 3.89. The van der Waals surface area contributed by atoms with Crippen LogP contribution in [0.3, 0.4) is 0 Å². The highest BCUT2D eigenvalue weighted by Gasteiger charge is 2.13. The molecule has 82 valence electrons. The number of carbonyl (C=O) groups excluding carboxylic acids is 1. The van der Waals surface area contributed by atoms with Crippen LogP contribution in [0.15, 0.2) is 17.0 Å². The van der Waals surface area contributed by atoms with Gasteiger partial charge in [0, 0.05) is 19.0 Å². The highest BCUT2D eigenvalue weighted by molar-refractivity contribution is 7.80. The number of halogens is 2. The number of hydrogen-bond donors (Lipinski definition) is 1. The standard InChI is InChI=1S/C9H9ClFNO2S/c1-12(2)9(13)14-7-4-8(15)5(10)3-6(7)11/h3-4,15H,1-2H3. The maximum atomic E-state index is 13.2. The van der Waals surface area contributed by atoms with Crippen molar-refractivity contribution < 1.29 is 13.9 Å². The quantitative estimate of drug-likeness (QED) is 0.776. The van der Waals surface area contributed by atoms with Crippen LogP contribution in [-0.2, 0) is 0 Å². The van der Waals surface area contributed by atoms with E-state index in [0.29, 0.717) is 4.90 Å². The van der Waals surface area contributed by atoms with Gasteiger partial charge in [-0.05, 0) is 12.1 Å². The van der Waals surface area contributed by atoms with Gasteiger partial charge in [0.15, 0.2) is 11.6 Å². The Labute approximate surface area is 97.2 Å². The van der Waals surface area contributed by atoms with Crippen molar-refractivity contribution in [1.82, 2.24) is 4.90 Å². The molecule has 0 saturated carbocycles. The van der Waals surface area contributed by atoms with Gasteiger partial charge < -0.3 is 9.64 Å². The van der Waals surface area contributed by atoms with Crippen LogP contribution in [0.2, 0.25) is 5.02 Å². The van der Waals surface area contributed by atoms with E-state index >= 15 is 0 Å². The van der Waals surface area contributed by atoms with Crippen molar-refractivity contribution in [2.75, 3.05) is 14.1 Å². The largest absolute Gasteiger partial charge is 0.414 e. The van der Waals surface area contributed by atoms with Crippen molar-refractivity contribution in [3.05, 3.63) is 23.0 Å². The lowest BCUT2D eigenvalue weighted by molar-refractivity contribution is 0.169. The van der Waals surface area contributed by atoms with Crippen molar-refractivity contribution >= 4 is 30.3 Å². The summed E-state index contributed by atoms with van der Waals surface area (Å²) < 4.78 is 18.0. The molecule has 1 rings (SSSR count). The lowest BCUT2D eigenvalue weighted by Gasteiger charge is -2.11. The van der Waals surface area contributed by atoms with Crippen LogP contribution in [-0.4, -0.2) is 25.1 Å². The summed E-state index contributed by atoms with van der Waals surface area (Å²) in [5, 5.41) is 0.167. The molecule has 0 atom stereocenters. The Balaban J connectivity index is 2.96. The number of nitrogens with zero attached hydrogens (tertiary/aromatic N) is 1. The summed E-state index contributed by atoms with van der Waals surface area (Å²) in [5.74, 6) is -0.892. The molecule has 1 amide bonds. The van der Waals surface area contributed by atoms with Crippen LogP contribution >= 0.6 is 24.2 Å². The molecule has 0 heterocycles. The molecule has 0 bridgehead atoms. The summed E-state index contributed by atoms with van der Waals surface area (Å²) in [5.41, 5.74) is 0. The Kier molecular flexibility index (Phi) is 3.82. The third-order valence-electron chi connectivity index (χ3n) is 1.56. The minimum Gasteiger partial charge on any atom is -0.407 e. The number of benzene rings is 1. The predicted octanol–water partition coefficient (Wildman–Crippen LogP) is 2.83. The van der Waals surface area contributed by atoms with Gasteiger partial charge in [0.05, 0.1) is 5.02 Å². The van der Waals surface area contributed by atoms with Crippen molar-refractivity contribution in [2.45, 2.75) is 4.90 Å². The van der Waals surface area contributed by atoms with E-state index in [1.165, 1.54) is 25.1 Å². The van der Waals surface area contributed by atoms with Gasteiger partial charge in [0.2, 0.25) is 0 Å². The van der Waals surface area contributed by atoms with Crippen molar-refractivity contribution in [3.8, 4) is 5.75 Å². The van der Waals surface area contributed by atoms with Gasteiger partial charge in [-0.15, -0.1) is 12.6 Å². The second-order valence-electron chi connectivity index (χ2n) is 3.00. The molecule has 0 fully saturated rings. The molecule has 0 aliphatic heterocycles. The third kappa shape index (κ3) is 3.00. The van der Waals surface area contributed by atoms with Crippen molar-refractivity contribution in [1.29, 1.82) is 0 Å². The highest BCUT2D eigenvalue weighted by Crippen LogP contribution is 2.28. The van der Waals surface area contributed by atoms with Gasteiger partial charge in [0.25, 0.3) is 0 Å². The van der Waals surface area contributed by atoms with Gasteiger partial charge in [-0.25, -0.2) is 9.18 Å². The topological polar surface area (TPSA) is 29.5 Å². The number of rotatable bonds is 1. The SMILES string of the molecule is CN(C)C(=O)Oc1cc(S)c(Cl)cc1F. The van der Waals surface area contributed by atoms with Crippen LogP contribution in [0.25, 0.3) is 0 Å². The fourth-order valence-electron chi connectivity index (χ4n) is 0.782. The summed E-state index contributed by atoms with van der Waals surface area (Å²) in [6, 6.07) is 2.30. The maximum Gasteiger partial charge on any atom is 0.414 e. The molecule has 0 aliphatic carbocycles. The molecule has 1 aromatic rings. The van der Waals surface area contributed by atoms with Crippen LogP contribution in [0, 0.1) is 5.82 Å². The number of hydrogen-bond acceptors (Lipinski definition) is 3. The molecule has 0 spiro atoms. The zero-order valence-electron chi connectivity index (χ0n) is 8.12. The van der Waals surface area contributed by atoms with E-state index in [0.717, 1.165) is 6.07 Å². The van der Waals surface area contributed by atoms with Gasteiger partial charge in [0.1, 0.15) is 0 Å². The molecule has 0 aliphatic rings. The minimum atomic E-state index is -0.701. The molecule has 0 radical (unpaired) electrons. The van der Waals surface area contributed by atoms with Gasteiger partial charge in [-0.2, -0.15) is 0 Å². The Bertz CT molecular complexity index is 398. The van der Waals surface area contributed by atoms with E-state index in [2.05, 4.69) is 12.6 Å². The summed E-state index contributed by atoms with van der Waals surface area (Å²) in [6.45, 7) is 0. The molecule has 0 unspecified atom stereocenters. The fourth-order valence-corrected chi connectivity index (χ4v) is 1.11. The number of amides is 1. The Morgan fingerprint density at radius 3 is 2.67 bits per heavy atom. The van der Waals surface area contributed by atoms with Crippen LogP contribution in [0.1, 0.15) is 0 Å². The predicted molar refractivity (Wildman–Crippen MR) is 58.4 cm³/mol. The third-order valence-corrected chi connectivity index (χ3v) is 2.38. The first kappa shape index (κ1) is 12.1. The fraction of sp³-hybridized carbons (Fsp3) is 0.222. The van der Waals surface area contributed by atoms with E-state index in [-0.39, 0.29) is 10.8 Å². The molecule has 0 N–H and O–H groups in total. The maximum absolute atomic E-state index is 13.2. The Hall–Kier alpha value is -0.940. The number of ether oxygens (including phenoxy) is 1. The summed E-state index contributed by atoms with van der Waals surface area (Å²) in [6.07, 6.45) is -0.663. The van der Waals surface area contributed by atoms with Gasteiger partial charge in [-0.3, -0.25) is 0 Å². The summed E-state index contributed by atoms with van der Waals surface area (Å²) in [4.78, 5) is 12.7. The monoisotopic (exact) mass is 249 g/mol. The molecule has 15 heavy (non-hydrogen) atoms. The highest BCUT2D eigenvalue weighted by atomic mass is 35.5. The normalized spacial score (nSPS) is 9.93. The van der Waals surface area contributed by atoms with Crippen molar-refractivity contribution in [3.63, 3.8) is 0 Å². The average molecular weight is 250 g/mol. The van der Waals surface area contributed by atoms with E-state index < -0.39 is 11.9 Å². The van der Waals surface area contributed by atoms with Crippen LogP contribution in [0.4, 0.5) is 9.18 Å². The summed E-state index contributed by atoms with van der Waals surface area (Å²) in [7, 11) is 3.00. The van der Waals surface area contributed by atoms with Gasteiger partial charge in [-0.1, -0.05) is 11.6 Å². The average Bonchev–Trinajstić information content (AvgIpc) is 2.13. The Morgan fingerprint density at radius 1 is 1.53 bits per heavy atom. The van der Waals surface area contributed by atoms with Crippen LogP contribution in [0.5, 0.6) is 5.75 Å². The lowest BCUT2D eigenvalue weighted by Crippen LogP contribution is -2.25. The molecule has 3 nitrogen and oxygen atoms in total. The van der Waals surface area contributed by atoms with E-state index in [9.17, 15) is 9.18 Å². The lowest BCUT2D eigenvalue weighted by atomic mass is 10.3. The molecule has 0 saturated heterocycles. The number of carbonyl (C=O) groups is 1. The van der Waals surface area contributed by atoms with Gasteiger partial charge >= 0.3 is 6.09 Å².